The Bertz CT molecular complexity index is 453. The zero-order valence-corrected chi connectivity index (χ0v) is 7.80. The van der Waals surface area contributed by atoms with Crippen molar-refractivity contribution in [2.45, 2.75) is 0 Å². The van der Waals surface area contributed by atoms with Crippen LogP contribution in [0.25, 0.3) is 0 Å². The van der Waals surface area contributed by atoms with Crippen molar-refractivity contribution in [1.82, 2.24) is 0 Å². The van der Waals surface area contributed by atoms with Gasteiger partial charge in [-0.05, 0) is 0 Å². The minimum Gasteiger partial charge on any atom is -0.391 e. The van der Waals surface area contributed by atoms with E-state index < -0.39 is 42.8 Å². The molecule has 0 unspecified atom stereocenters. The molecule has 1 aromatic rings. The van der Waals surface area contributed by atoms with E-state index in [4.69, 9.17) is 0 Å². The van der Waals surface area contributed by atoms with E-state index in [1.807, 2.05) is 0 Å². The van der Waals surface area contributed by atoms with Crippen molar-refractivity contribution in [2.24, 2.45) is 0 Å². The summed E-state index contributed by atoms with van der Waals surface area (Å²) >= 11 is 0. The number of hydrogen-bond donors (Lipinski definition) is 0. The van der Waals surface area contributed by atoms with Gasteiger partial charge in [0, 0.05) is 0 Å². The van der Waals surface area contributed by atoms with Gasteiger partial charge in [-0.2, -0.15) is 8.78 Å². The third-order valence-corrected chi connectivity index (χ3v) is 1.76. The van der Waals surface area contributed by atoms with Crippen LogP contribution in [-0.4, -0.2) is 0 Å². The van der Waals surface area contributed by atoms with Gasteiger partial charge < -0.3 is 4.52 Å². The van der Waals surface area contributed by atoms with Crippen LogP contribution in [0.3, 0.4) is 0 Å². The van der Waals surface area contributed by atoms with Crippen LogP contribution in [0.4, 0.5) is 30.3 Å². The van der Waals surface area contributed by atoms with Crippen molar-refractivity contribution in [3.05, 3.63) is 29.1 Å². The standard InChI is InChI=1S/C6F7O2P/c7-1-2(8)4(10)6(5(11)3(1)9)15-16(12,13)14. The highest BCUT2D eigenvalue weighted by atomic mass is 31.2. The molecule has 0 fully saturated rings. The fourth-order valence-corrected chi connectivity index (χ4v) is 1.14. The molecular formula is C6F7O2P. The van der Waals surface area contributed by atoms with E-state index in [-0.39, 0.29) is 0 Å². The molecule has 0 N–H and O–H groups in total. The van der Waals surface area contributed by atoms with Crippen LogP contribution in [-0.2, 0) is 4.57 Å². The van der Waals surface area contributed by atoms with Gasteiger partial charge in [0.25, 0.3) is 0 Å². The van der Waals surface area contributed by atoms with E-state index in [1.165, 1.54) is 0 Å². The molecule has 0 aliphatic rings. The van der Waals surface area contributed by atoms with Crippen LogP contribution in [0.5, 0.6) is 5.75 Å². The average molecular weight is 268 g/mol. The van der Waals surface area contributed by atoms with Gasteiger partial charge in [-0.25, -0.2) is 17.7 Å². The first-order chi connectivity index (χ1) is 7.15. The van der Waals surface area contributed by atoms with Gasteiger partial charge in [0.1, 0.15) is 0 Å². The molecule has 0 saturated carbocycles. The highest BCUT2D eigenvalue weighted by molar-refractivity contribution is 7.48. The average Bonchev–Trinajstić information content (AvgIpc) is 2.17. The van der Waals surface area contributed by atoms with Crippen molar-refractivity contribution in [3.63, 3.8) is 0 Å². The van der Waals surface area contributed by atoms with Gasteiger partial charge in [-0.3, -0.25) is 0 Å². The summed E-state index contributed by atoms with van der Waals surface area (Å²) in [5.41, 5.74) is 0. The minimum atomic E-state index is -6.43. The molecule has 90 valence electrons. The van der Waals surface area contributed by atoms with Crippen molar-refractivity contribution in [3.8, 4) is 5.75 Å². The summed E-state index contributed by atoms with van der Waals surface area (Å²) < 4.78 is 98.7. The summed E-state index contributed by atoms with van der Waals surface area (Å²) in [6.07, 6.45) is 0. The lowest BCUT2D eigenvalue weighted by Gasteiger charge is -2.07. The van der Waals surface area contributed by atoms with E-state index >= 15 is 0 Å². The van der Waals surface area contributed by atoms with Crippen molar-refractivity contribution in [2.75, 3.05) is 0 Å². The molecule has 10 heteroatoms. The van der Waals surface area contributed by atoms with Gasteiger partial charge in [0.2, 0.25) is 34.8 Å². The number of benzene rings is 1. The van der Waals surface area contributed by atoms with Crippen LogP contribution >= 0.6 is 7.99 Å². The summed E-state index contributed by atoms with van der Waals surface area (Å²) in [5, 5.41) is 0. The van der Waals surface area contributed by atoms with E-state index in [9.17, 15) is 34.9 Å². The molecule has 0 bridgehead atoms. The molecule has 0 heterocycles. The Labute approximate surface area is 83.3 Å². The molecule has 0 spiro atoms. The van der Waals surface area contributed by atoms with Gasteiger partial charge >= 0.3 is 7.99 Å². The molecule has 0 aliphatic carbocycles. The zero-order chi connectivity index (χ0) is 12.7. The summed E-state index contributed by atoms with van der Waals surface area (Å²) in [7, 11) is -6.43. The molecule has 1 aromatic carbocycles. The lowest BCUT2D eigenvalue weighted by Crippen LogP contribution is -2.04. The van der Waals surface area contributed by atoms with E-state index in [0.29, 0.717) is 0 Å². The van der Waals surface area contributed by atoms with Gasteiger partial charge in [0.05, 0.1) is 0 Å². The van der Waals surface area contributed by atoms with Crippen LogP contribution in [0, 0.1) is 29.1 Å². The first-order valence-corrected chi connectivity index (χ1v) is 4.76. The van der Waals surface area contributed by atoms with E-state index in [2.05, 4.69) is 4.52 Å². The molecule has 0 atom stereocenters. The summed E-state index contributed by atoms with van der Waals surface area (Å²) in [6, 6.07) is 0. The van der Waals surface area contributed by atoms with Crippen LogP contribution in [0.1, 0.15) is 0 Å². The lowest BCUT2D eigenvalue weighted by atomic mass is 10.3. The Morgan fingerprint density at radius 2 is 1.06 bits per heavy atom. The Kier molecular flexibility index (Phi) is 3.18. The molecule has 0 amide bonds. The van der Waals surface area contributed by atoms with Gasteiger partial charge in [-0.15, -0.1) is 8.39 Å². The van der Waals surface area contributed by atoms with Crippen LogP contribution < -0.4 is 4.52 Å². The summed E-state index contributed by atoms with van der Waals surface area (Å²) in [6.45, 7) is 0. The third-order valence-electron chi connectivity index (χ3n) is 1.37. The lowest BCUT2D eigenvalue weighted by molar-refractivity contribution is 0.322. The van der Waals surface area contributed by atoms with Crippen LogP contribution in [0.2, 0.25) is 0 Å². The molecule has 1 rings (SSSR count). The number of halogens is 7. The molecule has 0 aliphatic heterocycles. The maximum Gasteiger partial charge on any atom is 0.610 e. The first kappa shape index (κ1) is 12.8. The van der Waals surface area contributed by atoms with E-state index in [1.54, 1.807) is 0 Å². The second kappa shape index (κ2) is 3.97. The van der Waals surface area contributed by atoms with Gasteiger partial charge in [-0.1, -0.05) is 0 Å². The Balaban J connectivity index is 3.46. The largest absolute Gasteiger partial charge is 0.610 e. The Morgan fingerprint density at radius 1 is 0.750 bits per heavy atom. The number of hydrogen-bond acceptors (Lipinski definition) is 2. The van der Waals surface area contributed by atoms with Crippen LogP contribution in [0.15, 0.2) is 0 Å². The maximum absolute atomic E-state index is 12.6. The Morgan fingerprint density at radius 3 is 1.38 bits per heavy atom. The van der Waals surface area contributed by atoms with Crippen molar-refractivity contribution in [1.29, 1.82) is 0 Å². The summed E-state index contributed by atoms with van der Waals surface area (Å²) in [4.78, 5) is 0. The number of rotatable bonds is 2. The normalized spacial score (nSPS) is 11.7. The molecule has 2 nitrogen and oxygen atoms in total. The topological polar surface area (TPSA) is 26.3 Å². The monoisotopic (exact) mass is 268 g/mol. The molecule has 0 radical (unpaired) electrons. The predicted octanol–water partition coefficient (Wildman–Crippen LogP) is 3.81. The third kappa shape index (κ3) is 2.29. The first-order valence-electron chi connectivity index (χ1n) is 3.35. The fourth-order valence-electron chi connectivity index (χ4n) is 0.771. The highest BCUT2D eigenvalue weighted by Crippen LogP contribution is 2.51. The van der Waals surface area contributed by atoms with Crippen molar-refractivity contribution >= 4 is 7.99 Å². The molecule has 0 saturated heterocycles. The highest BCUT2D eigenvalue weighted by Gasteiger charge is 2.33. The maximum atomic E-state index is 12.6. The second-order valence-corrected chi connectivity index (χ2v) is 3.42. The fraction of sp³-hybridized carbons (Fsp3) is 0. The molecule has 0 aromatic heterocycles. The predicted molar refractivity (Wildman–Crippen MR) is 36.7 cm³/mol. The smallest absolute Gasteiger partial charge is 0.391 e. The van der Waals surface area contributed by atoms with Crippen molar-refractivity contribution < 1.29 is 39.4 Å². The second-order valence-electron chi connectivity index (χ2n) is 2.40. The quantitative estimate of drug-likeness (QED) is 0.353. The van der Waals surface area contributed by atoms with E-state index in [0.717, 1.165) is 0 Å². The SMILES string of the molecule is O=P(F)(F)Oc1c(F)c(F)c(F)c(F)c1F. The zero-order valence-electron chi connectivity index (χ0n) is 6.91. The molecule has 16 heavy (non-hydrogen) atoms. The minimum absolute atomic E-state index is 2.27. The van der Waals surface area contributed by atoms with Gasteiger partial charge in [0.15, 0.2) is 0 Å². The summed E-state index contributed by atoms with van der Waals surface area (Å²) in [5.74, 6) is -15.0. The Hall–Kier alpha value is -1.24. The molecular weight excluding hydrogens is 268 g/mol.